The average Bonchev–Trinajstić information content (AvgIpc) is 3.03. The summed E-state index contributed by atoms with van der Waals surface area (Å²) < 4.78 is 38.4. The van der Waals surface area contributed by atoms with Crippen LogP contribution in [0.5, 0.6) is 0 Å². The Morgan fingerprint density at radius 2 is 1.96 bits per heavy atom. The summed E-state index contributed by atoms with van der Waals surface area (Å²) in [5, 5.41) is 12.5. The minimum Gasteiger partial charge on any atom is -0.389 e. The molecule has 3 aromatic rings. The third-order valence-corrected chi connectivity index (χ3v) is 4.26. The highest BCUT2D eigenvalue weighted by molar-refractivity contribution is 7.15. The molecule has 3 rings (SSSR count). The SMILES string of the molecule is Cc1cc(Nc2cc(C(F)(F)F)ccn2)nc(-c2cnc(CO)s2)c1. The van der Waals surface area contributed by atoms with Crippen LogP contribution in [-0.2, 0) is 12.8 Å². The van der Waals surface area contributed by atoms with E-state index in [1.54, 1.807) is 12.3 Å². The molecule has 0 saturated heterocycles. The molecule has 0 bridgehead atoms. The third kappa shape index (κ3) is 4.12. The molecule has 25 heavy (non-hydrogen) atoms. The van der Waals surface area contributed by atoms with Crippen LogP contribution in [0.1, 0.15) is 16.1 Å². The first-order valence-corrected chi connectivity index (χ1v) is 8.02. The Morgan fingerprint density at radius 3 is 2.64 bits per heavy atom. The number of alkyl halides is 3. The van der Waals surface area contributed by atoms with Crippen molar-refractivity contribution in [2.75, 3.05) is 5.32 Å². The fraction of sp³-hybridized carbons (Fsp3) is 0.188. The lowest BCUT2D eigenvalue weighted by Gasteiger charge is -2.10. The normalized spacial score (nSPS) is 11.6. The Labute approximate surface area is 145 Å². The Kier molecular flexibility index (Phi) is 4.69. The summed E-state index contributed by atoms with van der Waals surface area (Å²) >= 11 is 1.30. The summed E-state index contributed by atoms with van der Waals surface area (Å²) in [6, 6.07) is 5.38. The van der Waals surface area contributed by atoms with Crippen LogP contribution in [0.2, 0.25) is 0 Å². The van der Waals surface area contributed by atoms with Crippen molar-refractivity contribution in [3.8, 4) is 10.6 Å². The highest BCUT2D eigenvalue weighted by atomic mass is 32.1. The number of hydrogen-bond acceptors (Lipinski definition) is 6. The fourth-order valence-corrected chi connectivity index (χ4v) is 2.90. The van der Waals surface area contributed by atoms with E-state index in [0.29, 0.717) is 16.5 Å². The van der Waals surface area contributed by atoms with Gasteiger partial charge in [0.2, 0.25) is 0 Å². The van der Waals surface area contributed by atoms with Gasteiger partial charge in [0, 0.05) is 12.4 Å². The summed E-state index contributed by atoms with van der Waals surface area (Å²) in [5.74, 6) is 0.431. The van der Waals surface area contributed by atoms with Gasteiger partial charge in [0.1, 0.15) is 16.6 Å². The van der Waals surface area contributed by atoms with Gasteiger partial charge in [-0.05, 0) is 36.8 Å². The second-order valence-electron chi connectivity index (χ2n) is 5.24. The maximum absolute atomic E-state index is 12.8. The minimum absolute atomic E-state index is 0.0548. The largest absolute Gasteiger partial charge is 0.416 e. The van der Waals surface area contributed by atoms with Crippen molar-refractivity contribution in [3.05, 3.63) is 52.8 Å². The van der Waals surface area contributed by atoms with Gasteiger partial charge in [0.15, 0.2) is 0 Å². The molecule has 0 radical (unpaired) electrons. The molecule has 5 nitrogen and oxygen atoms in total. The molecule has 0 unspecified atom stereocenters. The van der Waals surface area contributed by atoms with Gasteiger partial charge in [-0.2, -0.15) is 13.2 Å². The maximum atomic E-state index is 12.8. The molecule has 0 saturated carbocycles. The number of thiazole rings is 1. The first-order valence-electron chi connectivity index (χ1n) is 7.20. The van der Waals surface area contributed by atoms with E-state index in [1.807, 2.05) is 13.0 Å². The van der Waals surface area contributed by atoms with E-state index in [4.69, 9.17) is 5.11 Å². The summed E-state index contributed by atoms with van der Waals surface area (Å²) in [4.78, 5) is 13.1. The van der Waals surface area contributed by atoms with Crippen LogP contribution in [0.3, 0.4) is 0 Å². The lowest BCUT2D eigenvalue weighted by atomic mass is 10.2. The van der Waals surface area contributed by atoms with Crippen molar-refractivity contribution in [1.29, 1.82) is 0 Å². The molecule has 9 heteroatoms. The standard InChI is InChI=1S/C16H13F3N4OS/c1-9-4-11(12-7-21-15(8-24)25-12)22-14(5-9)23-13-6-10(2-3-20-13)16(17,18)19/h2-7,24H,8H2,1H3,(H,20,22,23). The number of nitrogens with one attached hydrogen (secondary N) is 1. The van der Waals surface area contributed by atoms with E-state index < -0.39 is 11.7 Å². The second kappa shape index (κ2) is 6.77. The van der Waals surface area contributed by atoms with Crippen LogP contribution in [-0.4, -0.2) is 20.1 Å². The summed E-state index contributed by atoms with van der Waals surface area (Å²) in [5.41, 5.74) is 0.707. The highest BCUT2D eigenvalue weighted by Gasteiger charge is 2.30. The molecule has 0 aromatic carbocycles. The summed E-state index contributed by atoms with van der Waals surface area (Å²) in [7, 11) is 0. The van der Waals surface area contributed by atoms with E-state index in [9.17, 15) is 13.2 Å². The van der Waals surface area contributed by atoms with Crippen molar-refractivity contribution in [2.45, 2.75) is 19.7 Å². The molecule has 0 aliphatic carbocycles. The molecular formula is C16H13F3N4OS. The Hall–Kier alpha value is -2.52. The summed E-state index contributed by atoms with van der Waals surface area (Å²) in [6.07, 6.45) is -1.74. The van der Waals surface area contributed by atoms with E-state index >= 15 is 0 Å². The molecular weight excluding hydrogens is 353 g/mol. The van der Waals surface area contributed by atoms with Crippen molar-refractivity contribution in [1.82, 2.24) is 15.0 Å². The predicted octanol–water partition coefficient (Wildman–Crippen LogP) is 4.16. The first kappa shape index (κ1) is 17.3. The molecule has 0 fully saturated rings. The van der Waals surface area contributed by atoms with Crippen LogP contribution in [0, 0.1) is 6.92 Å². The molecule has 3 heterocycles. The second-order valence-corrected chi connectivity index (χ2v) is 6.36. The zero-order chi connectivity index (χ0) is 18.0. The quantitative estimate of drug-likeness (QED) is 0.725. The third-order valence-electron chi connectivity index (χ3n) is 3.25. The van der Waals surface area contributed by atoms with Crippen LogP contribution in [0.15, 0.2) is 36.7 Å². The van der Waals surface area contributed by atoms with Gasteiger partial charge in [0.05, 0.1) is 22.7 Å². The van der Waals surface area contributed by atoms with E-state index in [0.717, 1.165) is 28.8 Å². The van der Waals surface area contributed by atoms with Crippen molar-refractivity contribution < 1.29 is 18.3 Å². The number of aliphatic hydroxyl groups is 1. The maximum Gasteiger partial charge on any atom is 0.416 e. The topological polar surface area (TPSA) is 70.9 Å². The number of rotatable bonds is 4. The van der Waals surface area contributed by atoms with Gasteiger partial charge < -0.3 is 10.4 Å². The molecule has 2 N–H and O–H groups in total. The Morgan fingerprint density at radius 1 is 1.16 bits per heavy atom. The number of aryl methyl sites for hydroxylation is 1. The predicted molar refractivity (Wildman–Crippen MR) is 88.5 cm³/mol. The lowest BCUT2D eigenvalue weighted by Crippen LogP contribution is -2.06. The zero-order valence-corrected chi connectivity index (χ0v) is 13.8. The van der Waals surface area contributed by atoms with E-state index in [1.165, 1.54) is 11.3 Å². The molecule has 130 valence electrons. The van der Waals surface area contributed by atoms with E-state index in [-0.39, 0.29) is 12.4 Å². The number of anilines is 2. The van der Waals surface area contributed by atoms with Crippen LogP contribution in [0.25, 0.3) is 10.6 Å². The smallest absolute Gasteiger partial charge is 0.389 e. The number of nitrogens with zero attached hydrogens (tertiary/aromatic N) is 3. The molecule has 3 aromatic heterocycles. The minimum atomic E-state index is -4.44. The summed E-state index contributed by atoms with van der Waals surface area (Å²) in [6.45, 7) is 1.69. The van der Waals surface area contributed by atoms with Gasteiger partial charge in [0.25, 0.3) is 0 Å². The number of pyridine rings is 2. The van der Waals surface area contributed by atoms with Gasteiger partial charge in [-0.1, -0.05) is 0 Å². The van der Waals surface area contributed by atoms with Gasteiger partial charge in [-0.15, -0.1) is 11.3 Å². The fourth-order valence-electron chi connectivity index (χ4n) is 2.17. The van der Waals surface area contributed by atoms with Crippen LogP contribution in [0.4, 0.5) is 24.8 Å². The van der Waals surface area contributed by atoms with Gasteiger partial charge >= 0.3 is 6.18 Å². The Bertz CT molecular complexity index is 895. The number of aromatic nitrogens is 3. The number of halogens is 3. The van der Waals surface area contributed by atoms with Crippen molar-refractivity contribution in [3.63, 3.8) is 0 Å². The van der Waals surface area contributed by atoms with Crippen molar-refractivity contribution in [2.24, 2.45) is 0 Å². The van der Waals surface area contributed by atoms with Crippen LogP contribution < -0.4 is 5.32 Å². The molecule has 0 aliphatic rings. The zero-order valence-electron chi connectivity index (χ0n) is 13.0. The van der Waals surface area contributed by atoms with Gasteiger partial charge in [-0.3, -0.25) is 0 Å². The van der Waals surface area contributed by atoms with E-state index in [2.05, 4.69) is 20.3 Å². The van der Waals surface area contributed by atoms with Gasteiger partial charge in [-0.25, -0.2) is 15.0 Å². The number of aliphatic hydroxyl groups excluding tert-OH is 1. The Balaban J connectivity index is 1.91. The molecule has 0 amide bonds. The highest BCUT2D eigenvalue weighted by Crippen LogP contribution is 2.31. The molecule has 0 spiro atoms. The molecule has 0 aliphatic heterocycles. The monoisotopic (exact) mass is 366 g/mol. The van der Waals surface area contributed by atoms with Crippen LogP contribution >= 0.6 is 11.3 Å². The average molecular weight is 366 g/mol. The van der Waals surface area contributed by atoms with Crippen molar-refractivity contribution >= 4 is 23.0 Å². The molecule has 0 atom stereocenters. The first-order chi connectivity index (χ1) is 11.8. The lowest BCUT2D eigenvalue weighted by molar-refractivity contribution is -0.137. The number of hydrogen-bond donors (Lipinski definition) is 2.